The topological polar surface area (TPSA) is 49.4 Å². The number of hydrogen-bond donors (Lipinski definition) is 1. The summed E-state index contributed by atoms with van der Waals surface area (Å²) in [6.07, 6.45) is 0.904. The van der Waals surface area contributed by atoms with Crippen LogP contribution in [-0.4, -0.2) is 29.8 Å². The second-order valence-corrected chi connectivity index (χ2v) is 8.45. The molecular weight excluding hydrogens is 332 g/mol. The first-order valence-electron chi connectivity index (χ1n) is 8.56. The van der Waals surface area contributed by atoms with Crippen LogP contribution in [0.4, 0.5) is 0 Å². The highest BCUT2D eigenvalue weighted by molar-refractivity contribution is 7.10. The molecule has 0 saturated carbocycles. The van der Waals surface area contributed by atoms with E-state index in [9.17, 15) is 9.59 Å². The van der Waals surface area contributed by atoms with Crippen LogP contribution in [0.15, 0.2) is 35.7 Å². The number of thiophene rings is 1. The van der Waals surface area contributed by atoms with Crippen LogP contribution >= 0.6 is 11.3 Å². The third-order valence-electron chi connectivity index (χ3n) is 4.57. The summed E-state index contributed by atoms with van der Waals surface area (Å²) in [5, 5.41) is 4.82. The Morgan fingerprint density at radius 1 is 1.16 bits per heavy atom. The van der Waals surface area contributed by atoms with Crippen molar-refractivity contribution in [1.29, 1.82) is 0 Å². The molecule has 0 radical (unpaired) electrons. The first-order chi connectivity index (χ1) is 11.8. The zero-order valence-corrected chi connectivity index (χ0v) is 15.8. The Morgan fingerprint density at radius 2 is 1.88 bits per heavy atom. The van der Waals surface area contributed by atoms with E-state index in [1.807, 2.05) is 29.2 Å². The van der Waals surface area contributed by atoms with Crippen LogP contribution in [0, 0.1) is 0 Å². The third kappa shape index (κ3) is 4.10. The summed E-state index contributed by atoms with van der Waals surface area (Å²) in [7, 11) is 0. The molecule has 0 bridgehead atoms. The first-order valence-corrected chi connectivity index (χ1v) is 9.44. The van der Waals surface area contributed by atoms with Crippen molar-refractivity contribution in [2.75, 3.05) is 13.1 Å². The smallest absolute Gasteiger partial charge is 0.251 e. The molecule has 1 aromatic carbocycles. The van der Waals surface area contributed by atoms with Gasteiger partial charge in [-0.2, -0.15) is 0 Å². The number of carbonyl (C=O) groups excluding carboxylic acids is 2. The average Bonchev–Trinajstić information content (AvgIpc) is 3.06. The van der Waals surface area contributed by atoms with Crippen LogP contribution in [0.25, 0.3) is 0 Å². The highest BCUT2D eigenvalue weighted by Crippen LogP contribution is 2.24. The van der Waals surface area contributed by atoms with Crippen molar-refractivity contribution >= 4 is 23.2 Å². The molecule has 0 aliphatic carbocycles. The predicted octanol–water partition coefficient (Wildman–Crippen LogP) is 3.36. The maximum Gasteiger partial charge on any atom is 0.251 e. The molecule has 1 aliphatic heterocycles. The Morgan fingerprint density at radius 3 is 2.56 bits per heavy atom. The van der Waals surface area contributed by atoms with E-state index < -0.39 is 0 Å². The highest BCUT2D eigenvalue weighted by atomic mass is 32.1. The van der Waals surface area contributed by atoms with Crippen LogP contribution in [0.3, 0.4) is 0 Å². The average molecular weight is 356 g/mol. The van der Waals surface area contributed by atoms with Crippen LogP contribution in [0.5, 0.6) is 0 Å². The van der Waals surface area contributed by atoms with E-state index in [1.54, 1.807) is 11.3 Å². The van der Waals surface area contributed by atoms with Crippen molar-refractivity contribution in [1.82, 2.24) is 10.2 Å². The number of nitrogens with one attached hydrogen (secondary N) is 1. The van der Waals surface area contributed by atoms with Gasteiger partial charge >= 0.3 is 0 Å². The Hall–Kier alpha value is -2.14. The number of carbonyl (C=O) groups is 2. The van der Waals surface area contributed by atoms with E-state index in [4.69, 9.17) is 0 Å². The largest absolute Gasteiger partial charge is 0.343 e. The van der Waals surface area contributed by atoms with Crippen molar-refractivity contribution in [3.05, 3.63) is 57.3 Å². The zero-order chi connectivity index (χ0) is 18.0. The fraction of sp³-hybridized carbons (Fsp3) is 0.400. The van der Waals surface area contributed by atoms with Gasteiger partial charge in [-0.25, -0.2) is 0 Å². The molecule has 1 aliphatic rings. The molecule has 0 unspecified atom stereocenters. The molecule has 5 heteroatoms. The summed E-state index contributed by atoms with van der Waals surface area (Å²) in [6.45, 7) is 7.82. The van der Waals surface area contributed by atoms with Gasteiger partial charge in [0.1, 0.15) is 0 Å². The maximum atomic E-state index is 12.4. The van der Waals surface area contributed by atoms with E-state index >= 15 is 0 Å². The van der Waals surface area contributed by atoms with Gasteiger partial charge in [-0.3, -0.25) is 9.59 Å². The van der Waals surface area contributed by atoms with Crippen LogP contribution in [0.1, 0.15) is 47.1 Å². The number of fused-ring (bicyclic) bond motifs is 1. The fourth-order valence-corrected chi connectivity index (χ4v) is 3.84. The number of benzene rings is 1. The van der Waals surface area contributed by atoms with Gasteiger partial charge < -0.3 is 10.2 Å². The molecule has 0 atom stereocenters. The van der Waals surface area contributed by atoms with Crippen molar-refractivity contribution in [2.24, 2.45) is 0 Å². The van der Waals surface area contributed by atoms with Gasteiger partial charge in [0.15, 0.2) is 0 Å². The minimum Gasteiger partial charge on any atom is -0.343 e. The van der Waals surface area contributed by atoms with Crippen LogP contribution in [-0.2, 0) is 23.2 Å². The molecule has 4 nitrogen and oxygen atoms in total. The summed E-state index contributed by atoms with van der Waals surface area (Å²) in [5.41, 5.74) is 3.05. The minimum absolute atomic E-state index is 0.0310. The summed E-state index contributed by atoms with van der Waals surface area (Å²) in [6, 6.07) is 9.66. The molecule has 132 valence electrons. The molecule has 0 fully saturated rings. The van der Waals surface area contributed by atoms with Gasteiger partial charge in [0, 0.05) is 23.5 Å². The molecule has 3 rings (SSSR count). The summed E-state index contributed by atoms with van der Waals surface area (Å²) >= 11 is 1.75. The first kappa shape index (κ1) is 17.7. The molecule has 0 spiro atoms. The normalized spacial score (nSPS) is 14.1. The van der Waals surface area contributed by atoms with Crippen LogP contribution < -0.4 is 5.32 Å². The van der Waals surface area contributed by atoms with Gasteiger partial charge in [-0.15, -0.1) is 11.3 Å². The lowest BCUT2D eigenvalue weighted by atomic mass is 9.87. The SMILES string of the molecule is CC(C)(C)c1ccc(C(=O)NCC(=O)N2CCc3sccc3C2)cc1. The van der Waals surface area contributed by atoms with Crippen molar-refractivity contribution in [3.63, 3.8) is 0 Å². The molecule has 2 aromatic rings. The molecule has 1 N–H and O–H groups in total. The third-order valence-corrected chi connectivity index (χ3v) is 5.60. The monoisotopic (exact) mass is 356 g/mol. The molecule has 2 heterocycles. The fourth-order valence-electron chi connectivity index (χ4n) is 2.95. The lowest BCUT2D eigenvalue weighted by Crippen LogP contribution is -2.42. The molecule has 2 amide bonds. The van der Waals surface area contributed by atoms with E-state index in [-0.39, 0.29) is 23.8 Å². The zero-order valence-electron chi connectivity index (χ0n) is 15.0. The maximum absolute atomic E-state index is 12.4. The van der Waals surface area contributed by atoms with Crippen molar-refractivity contribution in [3.8, 4) is 0 Å². The highest BCUT2D eigenvalue weighted by Gasteiger charge is 2.22. The minimum atomic E-state index is -0.206. The Labute approximate surface area is 152 Å². The predicted molar refractivity (Wildman–Crippen MR) is 101 cm³/mol. The van der Waals surface area contributed by atoms with E-state index in [1.165, 1.54) is 16.0 Å². The molecule has 25 heavy (non-hydrogen) atoms. The standard InChI is InChI=1S/C20H24N2O2S/c1-20(2,3)16-6-4-14(5-7-16)19(24)21-12-18(23)22-10-8-17-15(13-22)9-11-25-17/h4-7,9,11H,8,10,12-13H2,1-3H3,(H,21,24). The lowest BCUT2D eigenvalue weighted by Gasteiger charge is -2.27. The van der Waals surface area contributed by atoms with Gasteiger partial charge in [0.2, 0.25) is 5.91 Å². The van der Waals surface area contributed by atoms with Gasteiger partial charge in [-0.05, 0) is 46.5 Å². The summed E-state index contributed by atoms with van der Waals surface area (Å²) in [5.74, 6) is -0.237. The Bertz CT molecular complexity index is 772. The molecule has 1 aromatic heterocycles. The van der Waals surface area contributed by atoms with Gasteiger partial charge in [0.25, 0.3) is 5.91 Å². The van der Waals surface area contributed by atoms with Crippen LogP contribution in [0.2, 0.25) is 0 Å². The summed E-state index contributed by atoms with van der Waals surface area (Å²) < 4.78 is 0. The Kier molecular flexibility index (Phi) is 4.95. The number of hydrogen-bond acceptors (Lipinski definition) is 3. The van der Waals surface area contributed by atoms with Crippen molar-refractivity contribution in [2.45, 2.75) is 39.2 Å². The van der Waals surface area contributed by atoms with Crippen molar-refractivity contribution < 1.29 is 9.59 Å². The second kappa shape index (κ2) is 7.00. The second-order valence-electron chi connectivity index (χ2n) is 7.44. The van der Waals surface area contributed by atoms with E-state index in [2.05, 4.69) is 37.5 Å². The summed E-state index contributed by atoms with van der Waals surface area (Å²) in [4.78, 5) is 27.8. The molecule has 0 saturated heterocycles. The quantitative estimate of drug-likeness (QED) is 0.917. The van der Waals surface area contributed by atoms with Gasteiger partial charge in [-0.1, -0.05) is 32.9 Å². The van der Waals surface area contributed by atoms with Gasteiger partial charge in [0.05, 0.1) is 6.54 Å². The lowest BCUT2D eigenvalue weighted by molar-refractivity contribution is -0.131. The number of amides is 2. The number of nitrogens with zero attached hydrogens (tertiary/aromatic N) is 1. The molecular formula is C20H24N2O2S. The number of rotatable bonds is 3. The Balaban J connectivity index is 1.54. The van der Waals surface area contributed by atoms with E-state index in [0.29, 0.717) is 12.1 Å². The van der Waals surface area contributed by atoms with E-state index in [0.717, 1.165) is 13.0 Å².